The normalized spacial score (nSPS) is 11.6. The van der Waals surface area contributed by atoms with Gasteiger partial charge in [-0.05, 0) is 23.8 Å². The van der Waals surface area contributed by atoms with E-state index >= 15 is 0 Å². The predicted molar refractivity (Wildman–Crippen MR) is 80.1 cm³/mol. The van der Waals surface area contributed by atoms with Crippen LogP contribution in [0.2, 0.25) is 5.02 Å². The van der Waals surface area contributed by atoms with Crippen molar-refractivity contribution in [2.24, 2.45) is 0 Å². The Morgan fingerprint density at radius 1 is 1.18 bits per heavy atom. The van der Waals surface area contributed by atoms with Crippen molar-refractivity contribution >= 4 is 23.5 Å². The van der Waals surface area contributed by atoms with Crippen molar-refractivity contribution in [3.63, 3.8) is 0 Å². The van der Waals surface area contributed by atoms with E-state index in [1.807, 2.05) is 0 Å². The maximum absolute atomic E-state index is 13.0. The van der Waals surface area contributed by atoms with E-state index in [0.29, 0.717) is 5.56 Å². The summed E-state index contributed by atoms with van der Waals surface area (Å²) < 4.78 is 17.7. The summed E-state index contributed by atoms with van der Waals surface area (Å²) in [6.07, 6.45) is 0. The standard InChI is InChI=1S/C16H13ClFNO3/c1-22-16(21)14(10-5-3-2-4-6-10)19-15(20)12-8-7-11(18)9-13(12)17/h2-9,14H,1H3,(H,19,20)/t14-/m0/s1. The van der Waals surface area contributed by atoms with Gasteiger partial charge in [0.2, 0.25) is 0 Å². The second-order valence-corrected chi connectivity index (χ2v) is 4.87. The lowest BCUT2D eigenvalue weighted by molar-refractivity contribution is -0.143. The number of rotatable bonds is 4. The molecule has 0 spiro atoms. The molecule has 0 heterocycles. The van der Waals surface area contributed by atoms with Crippen LogP contribution in [-0.2, 0) is 9.53 Å². The molecular formula is C16H13ClFNO3. The van der Waals surface area contributed by atoms with Gasteiger partial charge in [0, 0.05) is 0 Å². The number of ether oxygens (including phenoxy) is 1. The van der Waals surface area contributed by atoms with Gasteiger partial charge in [-0.25, -0.2) is 9.18 Å². The smallest absolute Gasteiger partial charge is 0.333 e. The average molecular weight is 322 g/mol. The van der Waals surface area contributed by atoms with E-state index in [1.54, 1.807) is 30.3 Å². The van der Waals surface area contributed by atoms with Crippen molar-refractivity contribution in [3.05, 3.63) is 70.5 Å². The molecule has 0 fully saturated rings. The molecule has 0 aromatic heterocycles. The third kappa shape index (κ3) is 3.62. The molecule has 2 aromatic rings. The van der Waals surface area contributed by atoms with Gasteiger partial charge in [0.15, 0.2) is 6.04 Å². The molecule has 114 valence electrons. The molecule has 0 radical (unpaired) electrons. The Labute approximate surface area is 131 Å². The molecule has 1 amide bonds. The van der Waals surface area contributed by atoms with Gasteiger partial charge >= 0.3 is 5.97 Å². The zero-order chi connectivity index (χ0) is 16.1. The minimum absolute atomic E-state index is 0.0332. The SMILES string of the molecule is COC(=O)[C@@H](NC(=O)c1ccc(F)cc1Cl)c1ccccc1. The maximum Gasteiger partial charge on any atom is 0.333 e. The molecule has 0 aliphatic heterocycles. The third-order valence-electron chi connectivity index (χ3n) is 3.02. The Bertz CT molecular complexity index is 691. The molecule has 1 atom stereocenters. The maximum atomic E-state index is 13.0. The van der Waals surface area contributed by atoms with E-state index in [4.69, 9.17) is 16.3 Å². The van der Waals surface area contributed by atoms with Crippen LogP contribution in [0.5, 0.6) is 0 Å². The first kappa shape index (κ1) is 16.0. The number of esters is 1. The number of carbonyl (C=O) groups is 2. The summed E-state index contributed by atoms with van der Waals surface area (Å²) in [7, 11) is 1.23. The molecule has 2 rings (SSSR count). The van der Waals surface area contributed by atoms with Crippen LogP contribution >= 0.6 is 11.6 Å². The molecule has 2 aromatic carbocycles. The lowest BCUT2D eigenvalue weighted by Crippen LogP contribution is -2.34. The van der Waals surface area contributed by atoms with Crippen molar-refractivity contribution in [3.8, 4) is 0 Å². The van der Waals surface area contributed by atoms with Crippen molar-refractivity contribution in [1.82, 2.24) is 5.32 Å². The molecule has 0 aliphatic rings. The van der Waals surface area contributed by atoms with Crippen molar-refractivity contribution in [2.75, 3.05) is 7.11 Å². The zero-order valence-electron chi connectivity index (χ0n) is 11.7. The van der Waals surface area contributed by atoms with Crippen LogP contribution in [0.25, 0.3) is 0 Å². The molecule has 0 saturated heterocycles. The van der Waals surface area contributed by atoms with E-state index in [2.05, 4.69) is 5.32 Å². The van der Waals surface area contributed by atoms with Gasteiger partial charge in [0.25, 0.3) is 5.91 Å². The molecule has 6 heteroatoms. The number of hydrogen-bond donors (Lipinski definition) is 1. The molecule has 0 saturated carbocycles. The van der Waals surface area contributed by atoms with Gasteiger partial charge in [0.05, 0.1) is 17.7 Å². The fourth-order valence-electron chi connectivity index (χ4n) is 1.92. The Morgan fingerprint density at radius 2 is 1.86 bits per heavy atom. The van der Waals surface area contributed by atoms with Crippen molar-refractivity contribution < 1.29 is 18.7 Å². The molecule has 0 aliphatic carbocycles. The first-order chi connectivity index (χ1) is 10.5. The van der Waals surface area contributed by atoms with E-state index in [9.17, 15) is 14.0 Å². The van der Waals surface area contributed by atoms with Gasteiger partial charge in [-0.3, -0.25) is 4.79 Å². The van der Waals surface area contributed by atoms with E-state index in [1.165, 1.54) is 13.2 Å². The van der Waals surface area contributed by atoms with Crippen LogP contribution in [0.4, 0.5) is 4.39 Å². The van der Waals surface area contributed by atoms with Gasteiger partial charge in [0.1, 0.15) is 5.82 Å². The van der Waals surface area contributed by atoms with Crippen LogP contribution in [0.3, 0.4) is 0 Å². The number of hydrogen-bond acceptors (Lipinski definition) is 3. The van der Waals surface area contributed by atoms with E-state index < -0.39 is 23.7 Å². The Kier molecular flexibility index (Phi) is 5.12. The summed E-state index contributed by atoms with van der Waals surface area (Å²) in [6.45, 7) is 0. The Hall–Kier alpha value is -2.40. The summed E-state index contributed by atoms with van der Waals surface area (Å²) in [6, 6.07) is 11.1. The monoisotopic (exact) mass is 321 g/mol. The van der Waals surface area contributed by atoms with Gasteiger partial charge in [-0.1, -0.05) is 41.9 Å². The van der Waals surface area contributed by atoms with Gasteiger partial charge < -0.3 is 10.1 Å². The first-order valence-corrected chi connectivity index (χ1v) is 6.79. The molecule has 4 nitrogen and oxygen atoms in total. The summed E-state index contributed by atoms with van der Waals surface area (Å²) >= 11 is 5.85. The molecule has 1 N–H and O–H groups in total. The minimum atomic E-state index is -0.972. The topological polar surface area (TPSA) is 55.4 Å². The molecular weight excluding hydrogens is 309 g/mol. The molecule has 22 heavy (non-hydrogen) atoms. The number of halogens is 2. The average Bonchev–Trinajstić information content (AvgIpc) is 2.52. The number of amides is 1. The minimum Gasteiger partial charge on any atom is -0.467 e. The van der Waals surface area contributed by atoms with Gasteiger partial charge in [-0.2, -0.15) is 0 Å². The van der Waals surface area contributed by atoms with E-state index in [0.717, 1.165) is 12.1 Å². The Balaban J connectivity index is 2.27. The first-order valence-electron chi connectivity index (χ1n) is 6.41. The van der Waals surface area contributed by atoms with Crippen LogP contribution in [0, 0.1) is 5.82 Å². The summed E-state index contributed by atoms with van der Waals surface area (Å²) in [5.74, 6) is -1.75. The van der Waals surface area contributed by atoms with E-state index in [-0.39, 0.29) is 10.6 Å². The quantitative estimate of drug-likeness (QED) is 0.880. The highest BCUT2D eigenvalue weighted by Gasteiger charge is 2.24. The largest absolute Gasteiger partial charge is 0.467 e. The second-order valence-electron chi connectivity index (χ2n) is 4.46. The number of nitrogens with one attached hydrogen (secondary N) is 1. The van der Waals surface area contributed by atoms with Crippen LogP contribution in [0.1, 0.15) is 22.0 Å². The summed E-state index contributed by atoms with van der Waals surface area (Å²) in [4.78, 5) is 24.1. The molecule has 0 unspecified atom stereocenters. The highest BCUT2D eigenvalue weighted by molar-refractivity contribution is 6.33. The summed E-state index contributed by atoms with van der Waals surface area (Å²) in [5, 5.41) is 2.51. The van der Waals surface area contributed by atoms with Crippen molar-refractivity contribution in [2.45, 2.75) is 6.04 Å². The predicted octanol–water partition coefficient (Wildman–Crippen LogP) is 3.12. The summed E-state index contributed by atoms with van der Waals surface area (Å²) in [5.41, 5.74) is 0.647. The third-order valence-corrected chi connectivity index (χ3v) is 3.33. The fraction of sp³-hybridized carbons (Fsp3) is 0.125. The highest BCUT2D eigenvalue weighted by atomic mass is 35.5. The van der Waals surface area contributed by atoms with Crippen LogP contribution in [-0.4, -0.2) is 19.0 Å². The second kappa shape index (κ2) is 7.04. The number of carbonyl (C=O) groups excluding carboxylic acids is 2. The van der Waals surface area contributed by atoms with Crippen molar-refractivity contribution in [1.29, 1.82) is 0 Å². The lowest BCUT2D eigenvalue weighted by Gasteiger charge is -2.17. The molecule has 0 bridgehead atoms. The van der Waals surface area contributed by atoms with Crippen LogP contribution in [0.15, 0.2) is 48.5 Å². The lowest BCUT2D eigenvalue weighted by atomic mass is 10.1. The highest BCUT2D eigenvalue weighted by Crippen LogP contribution is 2.20. The van der Waals surface area contributed by atoms with Gasteiger partial charge in [-0.15, -0.1) is 0 Å². The zero-order valence-corrected chi connectivity index (χ0v) is 12.4. The fourth-order valence-corrected chi connectivity index (χ4v) is 2.18. The number of benzene rings is 2. The number of methoxy groups -OCH3 is 1. The Morgan fingerprint density at radius 3 is 2.45 bits per heavy atom. The van der Waals surface area contributed by atoms with Crippen LogP contribution < -0.4 is 5.32 Å².